The Hall–Kier alpha value is -3.05. The van der Waals surface area contributed by atoms with Gasteiger partial charge in [0.1, 0.15) is 16.4 Å². The number of rotatable bonds is 2. The Balaban J connectivity index is 1.76. The second kappa shape index (κ2) is 5.99. The first kappa shape index (κ1) is 16.1. The fraction of sp³-hybridized carbons (Fsp3) is 0.136. The molecule has 0 spiro atoms. The van der Waals surface area contributed by atoms with Gasteiger partial charge < -0.3 is 0 Å². The number of aryl methyl sites for hydroxylation is 3. The molecule has 0 aliphatic heterocycles. The molecule has 0 aliphatic carbocycles. The van der Waals surface area contributed by atoms with Crippen molar-refractivity contribution >= 4 is 32.5 Å². The van der Waals surface area contributed by atoms with Crippen molar-refractivity contribution in [2.75, 3.05) is 0 Å². The molecular formula is C22H18N4S. The number of aromatic nitrogens is 4. The normalized spacial score (nSPS) is 11.5. The zero-order chi connectivity index (χ0) is 18.5. The van der Waals surface area contributed by atoms with Crippen LogP contribution >= 0.6 is 11.3 Å². The lowest BCUT2D eigenvalue weighted by Crippen LogP contribution is -1.89. The molecule has 3 aromatic heterocycles. The van der Waals surface area contributed by atoms with Gasteiger partial charge >= 0.3 is 0 Å². The van der Waals surface area contributed by atoms with Gasteiger partial charge in [0, 0.05) is 17.1 Å². The van der Waals surface area contributed by atoms with Gasteiger partial charge in [0.25, 0.3) is 0 Å². The summed E-state index contributed by atoms with van der Waals surface area (Å²) in [6.45, 7) is 6.44. The molecule has 2 aromatic carbocycles. The Kier molecular flexibility index (Phi) is 3.58. The third-order valence-corrected chi connectivity index (χ3v) is 5.99. The predicted molar refractivity (Wildman–Crippen MR) is 112 cm³/mol. The molecule has 0 fully saturated rings. The minimum Gasteiger partial charge on any atom is -0.277 e. The fourth-order valence-corrected chi connectivity index (χ4v) is 5.02. The number of aromatic amines is 1. The van der Waals surface area contributed by atoms with Crippen molar-refractivity contribution < 1.29 is 0 Å². The number of para-hydroxylation sites is 1. The highest BCUT2D eigenvalue weighted by molar-refractivity contribution is 7.22. The number of nitrogens with zero attached hydrogens (tertiary/aromatic N) is 3. The zero-order valence-electron chi connectivity index (χ0n) is 15.4. The molecule has 5 rings (SSSR count). The summed E-state index contributed by atoms with van der Waals surface area (Å²) in [5, 5.41) is 9.76. The van der Waals surface area contributed by atoms with E-state index in [-0.39, 0.29) is 0 Å². The van der Waals surface area contributed by atoms with Gasteiger partial charge in [0.05, 0.1) is 15.7 Å². The van der Waals surface area contributed by atoms with Crippen LogP contribution in [-0.2, 0) is 0 Å². The topological polar surface area (TPSA) is 54.5 Å². The minimum atomic E-state index is 0.878. The molecule has 0 radical (unpaired) electrons. The van der Waals surface area contributed by atoms with E-state index in [4.69, 9.17) is 4.98 Å². The van der Waals surface area contributed by atoms with Crippen LogP contribution < -0.4 is 0 Å². The minimum absolute atomic E-state index is 0.878. The molecule has 5 aromatic rings. The van der Waals surface area contributed by atoms with Crippen molar-refractivity contribution in [2.45, 2.75) is 20.8 Å². The van der Waals surface area contributed by atoms with Crippen LogP contribution in [-0.4, -0.2) is 20.2 Å². The monoisotopic (exact) mass is 370 g/mol. The first-order valence-corrected chi connectivity index (χ1v) is 9.71. The van der Waals surface area contributed by atoms with E-state index in [9.17, 15) is 0 Å². The molecule has 132 valence electrons. The summed E-state index contributed by atoms with van der Waals surface area (Å²) in [7, 11) is 0. The van der Waals surface area contributed by atoms with Gasteiger partial charge in [-0.05, 0) is 44.0 Å². The SMILES string of the molecule is Cc1cc(C)c(-c2nc3ccnc(-c4n[nH]c5ccccc45)c3s2)c(C)c1. The second-order valence-electron chi connectivity index (χ2n) is 6.92. The van der Waals surface area contributed by atoms with Crippen molar-refractivity contribution in [3.8, 4) is 22.0 Å². The van der Waals surface area contributed by atoms with E-state index in [0.717, 1.165) is 37.5 Å². The highest BCUT2D eigenvalue weighted by Crippen LogP contribution is 2.39. The van der Waals surface area contributed by atoms with Gasteiger partial charge in [-0.15, -0.1) is 11.3 Å². The zero-order valence-corrected chi connectivity index (χ0v) is 16.2. The number of H-pyrrole nitrogens is 1. The van der Waals surface area contributed by atoms with Crippen molar-refractivity contribution in [3.63, 3.8) is 0 Å². The van der Waals surface area contributed by atoms with E-state index in [0.29, 0.717) is 0 Å². The number of hydrogen-bond acceptors (Lipinski definition) is 4. The van der Waals surface area contributed by atoms with Crippen LogP contribution in [0.3, 0.4) is 0 Å². The van der Waals surface area contributed by atoms with Crippen LogP contribution in [0.1, 0.15) is 16.7 Å². The van der Waals surface area contributed by atoms with Gasteiger partial charge in [-0.1, -0.05) is 35.9 Å². The molecule has 0 unspecified atom stereocenters. The molecule has 3 heterocycles. The second-order valence-corrected chi connectivity index (χ2v) is 7.92. The van der Waals surface area contributed by atoms with Gasteiger partial charge in [-0.2, -0.15) is 5.10 Å². The molecule has 4 nitrogen and oxygen atoms in total. The van der Waals surface area contributed by atoms with E-state index in [2.05, 4.69) is 54.2 Å². The maximum absolute atomic E-state index is 4.93. The van der Waals surface area contributed by atoms with Gasteiger partial charge in [0.2, 0.25) is 0 Å². The average Bonchev–Trinajstić information content (AvgIpc) is 3.24. The number of fused-ring (bicyclic) bond motifs is 2. The molecule has 0 bridgehead atoms. The van der Waals surface area contributed by atoms with Gasteiger partial charge in [-0.25, -0.2) is 4.98 Å². The number of hydrogen-bond donors (Lipinski definition) is 1. The van der Waals surface area contributed by atoms with Crippen LogP contribution in [0.5, 0.6) is 0 Å². The molecule has 0 aliphatic rings. The summed E-state index contributed by atoms with van der Waals surface area (Å²) in [6, 6.07) is 14.6. The van der Waals surface area contributed by atoms with Crippen molar-refractivity contribution in [1.29, 1.82) is 0 Å². The summed E-state index contributed by atoms with van der Waals surface area (Å²) >= 11 is 1.69. The Labute approximate surface area is 160 Å². The smallest absolute Gasteiger partial charge is 0.125 e. The Morgan fingerprint density at radius 3 is 2.52 bits per heavy atom. The molecule has 1 N–H and O–H groups in total. The molecule has 0 atom stereocenters. The van der Waals surface area contributed by atoms with Crippen LogP contribution in [0.4, 0.5) is 0 Å². The lowest BCUT2D eigenvalue weighted by Gasteiger charge is -2.08. The largest absolute Gasteiger partial charge is 0.277 e. The highest BCUT2D eigenvalue weighted by Gasteiger charge is 2.18. The lowest BCUT2D eigenvalue weighted by atomic mass is 10.0. The third kappa shape index (κ3) is 2.54. The highest BCUT2D eigenvalue weighted by atomic mass is 32.1. The van der Waals surface area contributed by atoms with Gasteiger partial charge in [0.15, 0.2) is 0 Å². The molecular weight excluding hydrogens is 352 g/mol. The van der Waals surface area contributed by atoms with Crippen LogP contribution in [0.25, 0.3) is 43.1 Å². The lowest BCUT2D eigenvalue weighted by molar-refractivity contribution is 1.11. The Morgan fingerprint density at radius 2 is 1.70 bits per heavy atom. The van der Waals surface area contributed by atoms with Gasteiger partial charge in [-0.3, -0.25) is 10.1 Å². The van der Waals surface area contributed by atoms with Crippen LogP contribution in [0, 0.1) is 20.8 Å². The van der Waals surface area contributed by atoms with Crippen molar-refractivity contribution in [2.24, 2.45) is 0 Å². The number of pyridine rings is 1. The summed E-state index contributed by atoms with van der Waals surface area (Å²) < 4.78 is 1.07. The summed E-state index contributed by atoms with van der Waals surface area (Å²) in [6.07, 6.45) is 1.82. The number of thiazole rings is 1. The molecule has 0 amide bonds. The Bertz CT molecular complexity index is 1290. The molecule has 0 saturated carbocycles. The first-order valence-electron chi connectivity index (χ1n) is 8.89. The van der Waals surface area contributed by atoms with Crippen LogP contribution in [0.15, 0.2) is 48.7 Å². The molecule has 27 heavy (non-hydrogen) atoms. The first-order chi connectivity index (χ1) is 13.1. The Morgan fingerprint density at radius 1 is 0.926 bits per heavy atom. The van der Waals surface area contributed by atoms with E-state index in [1.54, 1.807) is 11.3 Å². The van der Waals surface area contributed by atoms with Crippen molar-refractivity contribution in [3.05, 3.63) is 65.4 Å². The summed E-state index contributed by atoms with van der Waals surface area (Å²) in [4.78, 5) is 9.58. The quantitative estimate of drug-likeness (QED) is 0.425. The fourth-order valence-electron chi connectivity index (χ4n) is 3.79. The standard InChI is InChI=1S/C22H18N4S/c1-12-10-13(2)18(14(3)11-12)22-24-17-8-9-23-20(21(17)27-22)19-15-6-4-5-7-16(15)25-26-19/h4-11H,1-3H3,(H,25,26). The van der Waals surface area contributed by atoms with E-state index >= 15 is 0 Å². The molecule has 5 heteroatoms. The number of benzene rings is 2. The van der Waals surface area contributed by atoms with E-state index in [1.807, 2.05) is 30.5 Å². The van der Waals surface area contributed by atoms with E-state index < -0.39 is 0 Å². The van der Waals surface area contributed by atoms with Crippen LogP contribution in [0.2, 0.25) is 0 Å². The third-order valence-electron chi connectivity index (χ3n) is 4.89. The summed E-state index contributed by atoms with van der Waals surface area (Å²) in [5.74, 6) is 0. The number of nitrogens with one attached hydrogen (secondary N) is 1. The summed E-state index contributed by atoms with van der Waals surface area (Å²) in [5.41, 5.74) is 8.75. The van der Waals surface area contributed by atoms with Crippen molar-refractivity contribution in [1.82, 2.24) is 20.2 Å². The van der Waals surface area contributed by atoms with E-state index in [1.165, 1.54) is 22.3 Å². The average molecular weight is 370 g/mol. The predicted octanol–water partition coefficient (Wildman–Crippen LogP) is 5.83. The maximum atomic E-state index is 4.93. The molecule has 0 saturated heterocycles. The maximum Gasteiger partial charge on any atom is 0.125 e.